The number of H-pyrrole nitrogens is 1. The van der Waals surface area contributed by atoms with Gasteiger partial charge in [-0.1, -0.05) is 118 Å². The van der Waals surface area contributed by atoms with Crippen LogP contribution in [0.4, 0.5) is 0 Å². The monoisotopic (exact) mass is 634 g/mol. The van der Waals surface area contributed by atoms with Crippen molar-refractivity contribution in [3.05, 3.63) is 138 Å². The number of aromatic nitrogens is 3. The number of aromatic amines is 1. The van der Waals surface area contributed by atoms with Crippen LogP contribution in [-0.2, 0) is 0 Å². The first-order valence-electron chi connectivity index (χ1n) is 17.7. The third-order valence-corrected chi connectivity index (χ3v) is 11.8. The Morgan fingerprint density at radius 1 is 0.540 bits per heavy atom. The topological polar surface area (TPSA) is 25.6 Å². The molecule has 0 unspecified atom stereocenters. The second-order valence-electron chi connectivity index (χ2n) is 14.6. The number of hydrogen-bond acceptors (Lipinski definition) is 0. The Morgan fingerprint density at radius 2 is 1.28 bits per heavy atom. The maximum Gasteiger partial charge on any atom is 0.247 e. The van der Waals surface area contributed by atoms with Gasteiger partial charge in [0.25, 0.3) is 0 Å². The van der Waals surface area contributed by atoms with Gasteiger partial charge in [-0.15, -0.1) is 0 Å². The molecular formula is C45H30B2N3. The lowest BCUT2D eigenvalue weighted by Gasteiger charge is -2.33. The third kappa shape index (κ3) is 3.15. The lowest BCUT2D eigenvalue weighted by atomic mass is 9.33. The lowest BCUT2D eigenvalue weighted by molar-refractivity contribution is 1.18. The van der Waals surface area contributed by atoms with E-state index in [2.05, 4.69) is 163 Å². The van der Waals surface area contributed by atoms with E-state index < -0.39 is 0 Å². The molecule has 1 radical (unpaired) electrons. The fraction of sp³-hybridized carbons (Fsp3) is 0.0667. The van der Waals surface area contributed by atoms with Gasteiger partial charge in [0.15, 0.2) is 7.28 Å². The van der Waals surface area contributed by atoms with Crippen molar-refractivity contribution in [2.24, 2.45) is 0 Å². The van der Waals surface area contributed by atoms with E-state index in [1.165, 1.54) is 121 Å². The number of rotatable bonds is 2. The van der Waals surface area contributed by atoms with E-state index in [1.807, 2.05) is 0 Å². The fourth-order valence-corrected chi connectivity index (χ4v) is 10.1. The molecule has 0 saturated carbocycles. The smallest absolute Gasteiger partial charge is 0.247 e. The fourth-order valence-electron chi connectivity index (χ4n) is 10.1. The molecule has 0 aliphatic carbocycles. The second kappa shape index (κ2) is 9.19. The van der Waals surface area contributed by atoms with Gasteiger partial charge >= 0.3 is 0 Å². The highest BCUT2D eigenvalue weighted by Gasteiger charge is 2.40. The molecule has 0 atom stereocenters. The molecular weight excluding hydrogens is 604 g/mol. The van der Waals surface area contributed by atoms with Gasteiger partial charge in [0, 0.05) is 60.2 Å². The van der Waals surface area contributed by atoms with E-state index in [-0.39, 0.29) is 6.71 Å². The van der Waals surface area contributed by atoms with Crippen LogP contribution in [0, 0.1) is 20.8 Å². The molecule has 3 nitrogen and oxygen atoms in total. The molecule has 0 amide bonds. The molecule has 0 saturated heterocycles. The molecule has 0 fully saturated rings. The maximum absolute atomic E-state index is 3.83. The molecule has 10 aromatic rings. The van der Waals surface area contributed by atoms with Crippen LogP contribution >= 0.6 is 0 Å². The first-order chi connectivity index (χ1) is 24.6. The molecule has 5 heteroatoms. The van der Waals surface area contributed by atoms with Crippen LogP contribution in [0.25, 0.3) is 76.8 Å². The average molecular weight is 634 g/mol. The number of nitrogens with zero attached hydrogens (tertiary/aromatic N) is 2. The third-order valence-electron chi connectivity index (χ3n) is 11.8. The summed E-state index contributed by atoms with van der Waals surface area (Å²) in [6.45, 7) is 6.93. The molecule has 5 heterocycles. The van der Waals surface area contributed by atoms with Gasteiger partial charge in [-0.25, -0.2) is 0 Å². The summed E-state index contributed by atoms with van der Waals surface area (Å²) in [5.74, 6) is 0. The van der Waals surface area contributed by atoms with Crippen LogP contribution in [-0.4, -0.2) is 28.1 Å². The number of benzene rings is 7. The average Bonchev–Trinajstić information content (AvgIpc) is 3.78. The van der Waals surface area contributed by atoms with Crippen LogP contribution in [0.5, 0.6) is 0 Å². The normalized spacial score (nSPS) is 13.2. The van der Waals surface area contributed by atoms with Gasteiger partial charge in [-0.3, -0.25) is 0 Å². The summed E-state index contributed by atoms with van der Waals surface area (Å²) in [6, 6.07) is 45.4. The highest BCUT2D eigenvalue weighted by Crippen LogP contribution is 2.46. The molecule has 0 bridgehead atoms. The van der Waals surface area contributed by atoms with Gasteiger partial charge in [0.2, 0.25) is 6.71 Å². The number of aryl methyl sites for hydroxylation is 3. The molecule has 2 aliphatic heterocycles. The van der Waals surface area contributed by atoms with Crippen LogP contribution in [0.3, 0.4) is 0 Å². The Labute approximate surface area is 290 Å². The van der Waals surface area contributed by atoms with Crippen molar-refractivity contribution in [2.75, 3.05) is 0 Å². The van der Waals surface area contributed by atoms with Crippen molar-refractivity contribution in [3.63, 3.8) is 0 Å². The Morgan fingerprint density at radius 3 is 2.12 bits per heavy atom. The van der Waals surface area contributed by atoms with E-state index in [0.29, 0.717) is 0 Å². The zero-order chi connectivity index (χ0) is 33.0. The van der Waals surface area contributed by atoms with E-state index in [9.17, 15) is 0 Å². The van der Waals surface area contributed by atoms with Gasteiger partial charge in [0.05, 0.1) is 16.6 Å². The van der Waals surface area contributed by atoms with Gasteiger partial charge in [0.1, 0.15) is 0 Å². The SMILES string of the molecule is Cc1cc(C)c(B2c3cccc4c3-n3c5c(cc6[nH]c7ccccc7c6c5c5c6c7ccccc7n(-c7ccccc7)c6cc2c53)[B]4)c(C)c1. The van der Waals surface area contributed by atoms with Crippen molar-refractivity contribution in [1.82, 2.24) is 14.1 Å². The Bertz CT molecular complexity index is 3140. The number of hydrogen-bond donors (Lipinski definition) is 1. The van der Waals surface area contributed by atoms with Gasteiger partial charge in [-0.05, 0) is 68.1 Å². The zero-order valence-electron chi connectivity index (χ0n) is 28.1. The largest absolute Gasteiger partial charge is 0.355 e. The summed E-state index contributed by atoms with van der Waals surface area (Å²) < 4.78 is 5.16. The number of fused-ring (bicyclic) bond motifs is 9. The molecule has 0 spiro atoms. The predicted molar refractivity (Wildman–Crippen MR) is 215 cm³/mol. The second-order valence-corrected chi connectivity index (χ2v) is 14.6. The van der Waals surface area contributed by atoms with Crippen LogP contribution < -0.4 is 27.3 Å². The molecule has 1 N–H and O–H groups in total. The van der Waals surface area contributed by atoms with Crippen LogP contribution in [0.1, 0.15) is 16.7 Å². The summed E-state index contributed by atoms with van der Waals surface area (Å²) in [4.78, 5) is 3.83. The molecule has 7 aromatic carbocycles. The minimum absolute atomic E-state index is 0.0879. The number of nitrogens with one attached hydrogen (secondary N) is 1. The van der Waals surface area contributed by atoms with Crippen LogP contribution in [0.2, 0.25) is 0 Å². The van der Waals surface area contributed by atoms with E-state index in [4.69, 9.17) is 0 Å². The number of para-hydroxylation sites is 4. The predicted octanol–water partition coefficient (Wildman–Crippen LogP) is 7.24. The van der Waals surface area contributed by atoms with Gasteiger partial charge in [-0.2, -0.15) is 0 Å². The standard InChI is InChI=1S/C45H30B2N3/c1-24-20-25(2)42(26(3)21-24)47-32-17-11-16-30-43(32)50-44-31(46-30)22-35-38(28-14-7-9-18-34(28)48-35)40(44)41-39-29-15-8-10-19-36(29)49(27-12-5-4-6-13-27)37(39)23-33(47)45(41)50/h4-23,48H,1-3H3. The summed E-state index contributed by atoms with van der Waals surface area (Å²) in [5.41, 5.74) is 20.8. The van der Waals surface area contributed by atoms with Crippen molar-refractivity contribution in [1.29, 1.82) is 0 Å². The van der Waals surface area contributed by atoms with Crippen molar-refractivity contribution < 1.29 is 0 Å². The van der Waals surface area contributed by atoms with E-state index in [0.717, 1.165) is 0 Å². The lowest BCUT2D eigenvalue weighted by Crippen LogP contribution is -2.60. The molecule has 50 heavy (non-hydrogen) atoms. The summed E-state index contributed by atoms with van der Waals surface area (Å²) in [6.07, 6.45) is 0. The minimum Gasteiger partial charge on any atom is -0.355 e. The first kappa shape index (κ1) is 27.0. The summed E-state index contributed by atoms with van der Waals surface area (Å²) in [5, 5.41) is 7.92. The Kier molecular flexibility index (Phi) is 4.96. The van der Waals surface area contributed by atoms with Crippen LogP contribution in [0.15, 0.2) is 121 Å². The van der Waals surface area contributed by atoms with Crippen molar-refractivity contribution >= 4 is 107 Å². The van der Waals surface area contributed by atoms with E-state index in [1.54, 1.807) is 0 Å². The van der Waals surface area contributed by atoms with Crippen molar-refractivity contribution in [3.8, 4) is 11.4 Å². The summed E-state index contributed by atoms with van der Waals surface area (Å²) in [7, 11) is 2.44. The van der Waals surface area contributed by atoms with Gasteiger partial charge < -0.3 is 14.1 Å². The minimum atomic E-state index is 0.0879. The molecule has 3 aromatic heterocycles. The molecule has 12 rings (SSSR count). The Hall–Kier alpha value is -5.93. The Balaban J connectivity index is 1.42. The molecule has 231 valence electrons. The zero-order valence-corrected chi connectivity index (χ0v) is 28.1. The maximum atomic E-state index is 3.83. The highest BCUT2D eigenvalue weighted by atomic mass is 15.0. The summed E-state index contributed by atoms with van der Waals surface area (Å²) >= 11 is 0. The molecule has 2 aliphatic rings. The van der Waals surface area contributed by atoms with E-state index >= 15 is 0 Å². The first-order valence-corrected chi connectivity index (χ1v) is 17.7. The highest BCUT2D eigenvalue weighted by molar-refractivity contribution is 6.99. The quantitative estimate of drug-likeness (QED) is 0.194. The van der Waals surface area contributed by atoms with Crippen molar-refractivity contribution in [2.45, 2.75) is 20.8 Å².